The third kappa shape index (κ3) is 3.18. The van der Waals surface area contributed by atoms with Gasteiger partial charge in [-0.15, -0.1) is 0 Å². The maximum Gasteiger partial charge on any atom is 0.301 e. The van der Waals surface area contributed by atoms with Gasteiger partial charge < -0.3 is 5.11 Å². The molecule has 0 bridgehead atoms. The van der Waals surface area contributed by atoms with Crippen LogP contribution < -0.4 is 0 Å². The summed E-state index contributed by atoms with van der Waals surface area (Å²) >= 11 is 0. The van der Waals surface area contributed by atoms with Crippen molar-refractivity contribution >= 4 is 23.3 Å². The van der Waals surface area contributed by atoms with Gasteiger partial charge in [0.2, 0.25) is 0 Å². The second kappa shape index (κ2) is 5.78. The number of non-ortho nitro benzene ring substituents is 1. The van der Waals surface area contributed by atoms with Crippen molar-refractivity contribution in [3.05, 3.63) is 68.3 Å². The minimum Gasteiger partial charge on any atom is -0.507 e. The second-order valence-corrected chi connectivity index (χ2v) is 4.00. The van der Waals surface area contributed by atoms with Crippen LogP contribution in [0.1, 0.15) is 5.56 Å². The van der Waals surface area contributed by atoms with Crippen LogP contribution in [0.2, 0.25) is 0 Å². The van der Waals surface area contributed by atoms with E-state index >= 15 is 0 Å². The monoisotopic (exact) mass is 287 g/mol. The molecule has 106 valence electrons. The lowest BCUT2D eigenvalue weighted by Gasteiger charge is -1.99. The Labute approximate surface area is 118 Å². The first-order valence-corrected chi connectivity index (χ1v) is 5.74. The number of nitro groups is 2. The van der Waals surface area contributed by atoms with E-state index in [1.54, 1.807) is 18.2 Å². The summed E-state index contributed by atoms with van der Waals surface area (Å²) in [5.74, 6) is -0.0224. The molecule has 0 aliphatic carbocycles. The van der Waals surface area contributed by atoms with Gasteiger partial charge in [0, 0.05) is 17.8 Å². The van der Waals surface area contributed by atoms with Crippen molar-refractivity contribution in [2.45, 2.75) is 0 Å². The van der Waals surface area contributed by atoms with Crippen LogP contribution in [0.4, 0.5) is 17.1 Å². The van der Waals surface area contributed by atoms with E-state index in [2.05, 4.69) is 4.99 Å². The Morgan fingerprint density at radius 3 is 2.38 bits per heavy atom. The largest absolute Gasteiger partial charge is 0.507 e. The number of nitrogens with zero attached hydrogens (tertiary/aromatic N) is 3. The highest BCUT2D eigenvalue weighted by atomic mass is 16.6. The fourth-order valence-electron chi connectivity index (χ4n) is 1.62. The lowest BCUT2D eigenvalue weighted by Crippen LogP contribution is -1.93. The number of nitro benzene ring substituents is 2. The number of aromatic hydroxyl groups is 1. The molecule has 2 rings (SSSR count). The summed E-state index contributed by atoms with van der Waals surface area (Å²) in [6.45, 7) is 0. The van der Waals surface area contributed by atoms with Gasteiger partial charge in [-0.2, -0.15) is 0 Å². The van der Waals surface area contributed by atoms with Crippen molar-refractivity contribution in [2.75, 3.05) is 0 Å². The summed E-state index contributed by atoms with van der Waals surface area (Å²) in [5.41, 5.74) is -0.516. The van der Waals surface area contributed by atoms with E-state index in [4.69, 9.17) is 0 Å². The van der Waals surface area contributed by atoms with Gasteiger partial charge in [-0.1, -0.05) is 12.1 Å². The molecule has 0 aliphatic heterocycles. The van der Waals surface area contributed by atoms with E-state index in [0.717, 1.165) is 12.1 Å². The molecule has 2 aromatic carbocycles. The van der Waals surface area contributed by atoms with E-state index in [0.29, 0.717) is 5.56 Å². The highest BCUT2D eigenvalue weighted by Crippen LogP contribution is 2.31. The Kier molecular flexibility index (Phi) is 3.89. The van der Waals surface area contributed by atoms with E-state index in [1.165, 1.54) is 18.3 Å². The number of para-hydroxylation sites is 1. The molecule has 0 spiro atoms. The summed E-state index contributed by atoms with van der Waals surface area (Å²) < 4.78 is 0. The van der Waals surface area contributed by atoms with Crippen LogP contribution in [0.3, 0.4) is 0 Å². The molecule has 0 unspecified atom stereocenters. The molecule has 1 N–H and O–H groups in total. The molecule has 0 atom stereocenters. The number of phenols is 1. The minimum atomic E-state index is -0.746. The quantitative estimate of drug-likeness (QED) is 0.526. The van der Waals surface area contributed by atoms with Gasteiger partial charge in [-0.25, -0.2) is 4.99 Å². The zero-order valence-electron chi connectivity index (χ0n) is 10.5. The SMILES string of the molecule is O=[N+]([O-])c1ccc(N=Cc2ccccc2O)c([N+](=O)[O-])c1. The van der Waals surface area contributed by atoms with Gasteiger partial charge in [0.25, 0.3) is 5.69 Å². The Balaban J connectivity index is 2.42. The zero-order valence-corrected chi connectivity index (χ0v) is 10.5. The Morgan fingerprint density at radius 1 is 1.05 bits per heavy atom. The molecule has 0 saturated heterocycles. The molecule has 21 heavy (non-hydrogen) atoms. The lowest BCUT2D eigenvalue weighted by atomic mass is 10.2. The first kappa shape index (κ1) is 14.1. The molecule has 8 nitrogen and oxygen atoms in total. The van der Waals surface area contributed by atoms with Crippen molar-refractivity contribution in [1.82, 2.24) is 0 Å². The molecule has 0 aromatic heterocycles. The summed E-state index contributed by atoms with van der Waals surface area (Å²) in [6, 6.07) is 9.49. The number of aliphatic imine (C=N–C) groups is 1. The molecule has 8 heteroatoms. The van der Waals surface area contributed by atoms with Crippen molar-refractivity contribution in [3.8, 4) is 5.75 Å². The van der Waals surface area contributed by atoms with Crippen LogP contribution in [-0.4, -0.2) is 21.2 Å². The van der Waals surface area contributed by atoms with Gasteiger partial charge in [-0.3, -0.25) is 20.2 Å². The van der Waals surface area contributed by atoms with Crippen LogP contribution >= 0.6 is 0 Å². The minimum absolute atomic E-state index is 0.0224. The average molecular weight is 287 g/mol. The molecule has 0 amide bonds. The lowest BCUT2D eigenvalue weighted by molar-refractivity contribution is -0.393. The van der Waals surface area contributed by atoms with Gasteiger partial charge in [-0.05, 0) is 18.2 Å². The van der Waals surface area contributed by atoms with Gasteiger partial charge in [0.15, 0.2) is 0 Å². The highest BCUT2D eigenvalue weighted by molar-refractivity contribution is 5.86. The van der Waals surface area contributed by atoms with Crippen LogP contribution in [0.25, 0.3) is 0 Å². The van der Waals surface area contributed by atoms with Crippen LogP contribution in [0.15, 0.2) is 47.5 Å². The maximum absolute atomic E-state index is 10.9. The predicted octanol–water partition coefficient (Wildman–Crippen LogP) is 2.96. The van der Waals surface area contributed by atoms with Crippen LogP contribution in [0.5, 0.6) is 5.75 Å². The van der Waals surface area contributed by atoms with E-state index in [-0.39, 0.29) is 17.1 Å². The normalized spacial score (nSPS) is 10.7. The smallest absolute Gasteiger partial charge is 0.301 e. The van der Waals surface area contributed by atoms with Crippen molar-refractivity contribution in [1.29, 1.82) is 0 Å². The first-order chi connectivity index (χ1) is 9.99. The van der Waals surface area contributed by atoms with Gasteiger partial charge in [0.05, 0.1) is 15.9 Å². The van der Waals surface area contributed by atoms with Crippen molar-refractivity contribution < 1.29 is 15.0 Å². The number of hydrogen-bond acceptors (Lipinski definition) is 6. The van der Waals surface area contributed by atoms with Gasteiger partial charge in [0.1, 0.15) is 11.4 Å². The van der Waals surface area contributed by atoms with E-state index in [1.807, 2.05) is 0 Å². The molecule has 0 aliphatic rings. The fraction of sp³-hybridized carbons (Fsp3) is 0. The number of benzene rings is 2. The second-order valence-electron chi connectivity index (χ2n) is 4.00. The summed E-state index contributed by atoms with van der Waals surface area (Å²) in [4.78, 5) is 24.0. The molecule has 0 heterocycles. The van der Waals surface area contributed by atoms with Crippen LogP contribution in [0, 0.1) is 20.2 Å². The van der Waals surface area contributed by atoms with Crippen molar-refractivity contribution in [3.63, 3.8) is 0 Å². The highest BCUT2D eigenvalue weighted by Gasteiger charge is 2.18. The fourth-order valence-corrected chi connectivity index (χ4v) is 1.62. The third-order valence-electron chi connectivity index (χ3n) is 2.65. The molecular weight excluding hydrogens is 278 g/mol. The van der Waals surface area contributed by atoms with E-state index in [9.17, 15) is 25.3 Å². The number of hydrogen-bond donors (Lipinski definition) is 1. The zero-order chi connectivity index (χ0) is 15.4. The third-order valence-corrected chi connectivity index (χ3v) is 2.65. The summed E-state index contributed by atoms with van der Waals surface area (Å²) in [6.07, 6.45) is 1.25. The maximum atomic E-state index is 10.9. The summed E-state index contributed by atoms with van der Waals surface area (Å²) in [7, 11) is 0. The van der Waals surface area contributed by atoms with Crippen molar-refractivity contribution in [2.24, 2.45) is 4.99 Å². The molecule has 0 radical (unpaired) electrons. The summed E-state index contributed by atoms with van der Waals surface area (Å²) in [5, 5.41) is 31.1. The van der Waals surface area contributed by atoms with Crippen LogP contribution in [-0.2, 0) is 0 Å². The topological polar surface area (TPSA) is 119 Å². The standard InChI is InChI=1S/C13H9N3O5/c17-13-4-2-1-3-9(13)8-14-11-6-5-10(15(18)19)7-12(11)16(20)21/h1-8,17H. The molecule has 0 fully saturated rings. The average Bonchev–Trinajstić information content (AvgIpc) is 2.46. The molecule has 2 aromatic rings. The predicted molar refractivity (Wildman–Crippen MR) is 75.1 cm³/mol. The molecule has 0 saturated carbocycles. The first-order valence-electron chi connectivity index (χ1n) is 5.74. The van der Waals surface area contributed by atoms with Gasteiger partial charge >= 0.3 is 5.69 Å². The Bertz CT molecular complexity index is 742. The Morgan fingerprint density at radius 2 is 1.76 bits per heavy atom. The molecular formula is C13H9N3O5. The van der Waals surface area contributed by atoms with E-state index < -0.39 is 15.5 Å². The Hall–Kier alpha value is -3.29. The number of phenolic OH excluding ortho intramolecular Hbond substituents is 1. The number of rotatable bonds is 4.